The Labute approximate surface area is 102 Å². The summed E-state index contributed by atoms with van der Waals surface area (Å²) in [4.78, 5) is 15.4. The topological polar surface area (TPSA) is 48.4 Å². The van der Waals surface area contributed by atoms with Crippen LogP contribution in [0.1, 0.15) is 39.4 Å². The number of hydrogen-bond donors (Lipinski definition) is 0. The number of esters is 1. The highest BCUT2D eigenvalue weighted by atomic mass is 16.6. The van der Waals surface area contributed by atoms with E-state index in [4.69, 9.17) is 9.47 Å². The van der Waals surface area contributed by atoms with Gasteiger partial charge in [0, 0.05) is 12.4 Å². The molecule has 0 spiro atoms. The summed E-state index contributed by atoms with van der Waals surface area (Å²) < 4.78 is 10.6. The van der Waals surface area contributed by atoms with Gasteiger partial charge in [-0.2, -0.15) is 0 Å². The maximum absolute atomic E-state index is 11.4. The molecule has 0 unspecified atom stereocenters. The van der Waals surface area contributed by atoms with E-state index in [1.165, 1.54) is 0 Å². The van der Waals surface area contributed by atoms with E-state index < -0.39 is 5.60 Å². The molecule has 4 heteroatoms. The lowest BCUT2D eigenvalue weighted by molar-refractivity contribution is -0.162. The zero-order valence-corrected chi connectivity index (χ0v) is 10.8. The normalized spacial score (nSPS) is 13.2. The van der Waals surface area contributed by atoms with Gasteiger partial charge in [0.15, 0.2) is 0 Å². The maximum atomic E-state index is 11.4. The number of aromatic nitrogens is 1. The first-order chi connectivity index (χ1) is 7.88. The predicted octanol–water partition coefficient (Wildman–Crippen LogP) is 2.50. The third kappa shape index (κ3) is 5.45. The lowest BCUT2D eigenvalue weighted by Gasteiger charge is -2.20. The fraction of sp³-hybridized carbons (Fsp3) is 0.538. The molecule has 0 aliphatic rings. The van der Waals surface area contributed by atoms with Gasteiger partial charge in [0.05, 0.1) is 6.10 Å². The molecule has 0 N–H and O–H groups in total. The van der Waals surface area contributed by atoms with Crippen molar-refractivity contribution in [1.82, 2.24) is 4.98 Å². The van der Waals surface area contributed by atoms with Crippen LogP contribution in [-0.4, -0.2) is 23.2 Å². The molecule has 0 radical (unpaired) electrons. The Kier molecular flexibility index (Phi) is 4.63. The van der Waals surface area contributed by atoms with Gasteiger partial charge in [0.25, 0.3) is 0 Å². The van der Waals surface area contributed by atoms with Crippen LogP contribution in [0.15, 0.2) is 24.5 Å². The zero-order chi connectivity index (χ0) is 12.9. The molecular formula is C13H19NO3. The molecule has 1 heterocycles. The summed E-state index contributed by atoms with van der Waals surface area (Å²) >= 11 is 0. The first kappa shape index (κ1) is 13.6. The molecule has 0 aromatic carbocycles. The Hall–Kier alpha value is -1.42. The number of nitrogens with zero attached hydrogens (tertiary/aromatic N) is 1. The maximum Gasteiger partial charge on any atom is 0.332 e. The Balaban J connectivity index is 2.39. The number of carbonyl (C=O) groups is 1. The van der Waals surface area contributed by atoms with E-state index >= 15 is 0 Å². The van der Waals surface area contributed by atoms with E-state index in [0.29, 0.717) is 0 Å². The SMILES string of the molecule is C[C@@H](OCC(=O)OC(C)(C)C)c1ccncc1. The van der Waals surface area contributed by atoms with Gasteiger partial charge >= 0.3 is 5.97 Å². The van der Waals surface area contributed by atoms with Gasteiger partial charge in [-0.25, -0.2) is 4.79 Å². The molecular weight excluding hydrogens is 218 g/mol. The summed E-state index contributed by atoms with van der Waals surface area (Å²) in [6.07, 6.45) is 3.25. The third-order valence-corrected chi connectivity index (χ3v) is 2.05. The minimum atomic E-state index is -0.472. The molecule has 0 bridgehead atoms. The first-order valence-corrected chi connectivity index (χ1v) is 5.62. The largest absolute Gasteiger partial charge is 0.458 e. The number of carbonyl (C=O) groups excluding carboxylic acids is 1. The van der Waals surface area contributed by atoms with Crippen LogP contribution in [0.5, 0.6) is 0 Å². The minimum absolute atomic E-state index is 0.0409. The van der Waals surface area contributed by atoms with Crippen LogP contribution in [0.2, 0.25) is 0 Å². The molecule has 1 atom stereocenters. The van der Waals surface area contributed by atoms with Crippen molar-refractivity contribution in [2.45, 2.75) is 39.4 Å². The number of ether oxygens (including phenoxy) is 2. The van der Waals surface area contributed by atoms with E-state index in [0.717, 1.165) is 5.56 Å². The molecule has 1 aromatic rings. The Morgan fingerprint density at radius 1 is 1.35 bits per heavy atom. The van der Waals surface area contributed by atoms with E-state index in [2.05, 4.69) is 4.98 Å². The number of rotatable bonds is 4. The van der Waals surface area contributed by atoms with Gasteiger partial charge in [-0.15, -0.1) is 0 Å². The highest BCUT2D eigenvalue weighted by molar-refractivity contribution is 5.71. The number of pyridine rings is 1. The van der Waals surface area contributed by atoms with Crippen molar-refractivity contribution < 1.29 is 14.3 Å². The molecule has 0 saturated carbocycles. The predicted molar refractivity (Wildman–Crippen MR) is 64.4 cm³/mol. The van der Waals surface area contributed by atoms with Crippen molar-refractivity contribution in [3.8, 4) is 0 Å². The van der Waals surface area contributed by atoms with E-state index in [9.17, 15) is 4.79 Å². The minimum Gasteiger partial charge on any atom is -0.458 e. The van der Waals surface area contributed by atoms with Gasteiger partial charge in [0.1, 0.15) is 12.2 Å². The first-order valence-electron chi connectivity index (χ1n) is 5.62. The van der Waals surface area contributed by atoms with Crippen LogP contribution in [0.25, 0.3) is 0 Å². The second-order valence-electron chi connectivity index (χ2n) is 4.82. The average Bonchev–Trinajstić information content (AvgIpc) is 2.25. The average molecular weight is 237 g/mol. The second-order valence-corrected chi connectivity index (χ2v) is 4.82. The summed E-state index contributed by atoms with van der Waals surface area (Å²) in [6.45, 7) is 7.34. The van der Waals surface area contributed by atoms with Gasteiger partial charge in [-0.1, -0.05) is 0 Å². The standard InChI is InChI=1S/C13H19NO3/c1-10(11-5-7-14-8-6-11)16-9-12(15)17-13(2,3)4/h5-8,10H,9H2,1-4H3/t10-/m1/s1. The van der Waals surface area contributed by atoms with Crippen LogP contribution in [-0.2, 0) is 14.3 Å². The van der Waals surface area contributed by atoms with Crippen LogP contribution >= 0.6 is 0 Å². The molecule has 1 rings (SSSR count). The van der Waals surface area contributed by atoms with Crippen LogP contribution in [0, 0.1) is 0 Å². The summed E-state index contributed by atoms with van der Waals surface area (Å²) in [6, 6.07) is 3.72. The summed E-state index contributed by atoms with van der Waals surface area (Å²) in [5, 5.41) is 0. The molecule has 94 valence electrons. The molecule has 17 heavy (non-hydrogen) atoms. The molecule has 4 nitrogen and oxygen atoms in total. The van der Waals surface area contributed by atoms with E-state index in [1.807, 2.05) is 39.8 Å². The highest BCUT2D eigenvalue weighted by Gasteiger charge is 2.17. The summed E-state index contributed by atoms with van der Waals surface area (Å²) in [5.41, 5.74) is 0.518. The molecule has 0 aliphatic carbocycles. The lowest BCUT2D eigenvalue weighted by atomic mass is 10.2. The molecule has 0 amide bonds. The van der Waals surface area contributed by atoms with Gasteiger partial charge < -0.3 is 9.47 Å². The van der Waals surface area contributed by atoms with Crippen molar-refractivity contribution in [2.75, 3.05) is 6.61 Å². The van der Waals surface area contributed by atoms with Gasteiger partial charge in [-0.3, -0.25) is 4.98 Å². The van der Waals surface area contributed by atoms with E-state index in [-0.39, 0.29) is 18.7 Å². The second kappa shape index (κ2) is 5.77. The fourth-order valence-electron chi connectivity index (χ4n) is 1.29. The van der Waals surface area contributed by atoms with Crippen LogP contribution in [0.3, 0.4) is 0 Å². The monoisotopic (exact) mass is 237 g/mol. The highest BCUT2D eigenvalue weighted by Crippen LogP contribution is 2.15. The zero-order valence-electron chi connectivity index (χ0n) is 10.8. The Bertz CT molecular complexity index is 357. The van der Waals surface area contributed by atoms with Crippen LogP contribution < -0.4 is 0 Å². The van der Waals surface area contributed by atoms with Crippen molar-refractivity contribution in [3.63, 3.8) is 0 Å². The van der Waals surface area contributed by atoms with Crippen molar-refractivity contribution >= 4 is 5.97 Å². The van der Waals surface area contributed by atoms with Gasteiger partial charge in [0.2, 0.25) is 0 Å². The summed E-state index contributed by atoms with van der Waals surface area (Å²) in [7, 11) is 0. The Morgan fingerprint density at radius 2 is 1.94 bits per heavy atom. The van der Waals surface area contributed by atoms with Gasteiger partial charge in [-0.05, 0) is 45.4 Å². The molecule has 0 fully saturated rings. The van der Waals surface area contributed by atoms with Crippen LogP contribution in [0.4, 0.5) is 0 Å². The number of hydrogen-bond acceptors (Lipinski definition) is 4. The molecule has 0 saturated heterocycles. The van der Waals surface area contributed by atoms with E-state index in [1.54, 1.807) is 12.4 Å². The fourth-order valence-corrected chi connectivity index (χ4v) is 1.29. The quantitative estimate of drug-likeness (QED) is 0.755. The van der Waals surface area contributed by atoms with Crippen molar-refractivity contribution in [1.29, 1.82) is 0 Å². The molecule has 0 aliphatic heterocycles. The smallest absolute Gasteiger partial charge is 0.332 e. The third-order valence-electron chi connectivity index (χ3n) is 2.05. The van der Waals surface area contributed by atoms with Crippen molar-refractivity contribution in [3.05, 3.63) is 30.1 Å². The molecule has 1 aromatic heterocycles. The Morgan fingerprint density at radius 3 is 2.47 bits per heavy atom. The lowest BCUT2D eigenvalue weighted by Crippen LogP contribution is -2.26. The summed E-state index contributed by atoms with van der Waals surface area (Å²) in [5.74, 6) is -0.349. The van der Waals surface area contributed by atoms with Crippen molar-refractivity contribution in [2.24, 2.45) is 0 Å².